The number of aliphatic hydroxyl groups excluding tert-OH is 2. The van der Waals surface area contributed by atoms with Gasteiger partial charge in [-0.05, 0) is 67.2 Å². The zero-order valence-electron chi connectivity index (χ0n) is 19.2. The van der Waals surface area contributed by atoms with Crippen molar-refractivity contribution < 1.29 is 20.4 Å². The highest BCUT2D eigenvalue weighted by Gasteiger charge is 2.34. The van der Waals surface area contributed by atoms with E-state index >= 15 is 0 Å². The second kappa shape index (κ2) is 10.5. The van der Waals surface area contributed by atoms with Gasteiger partial charge in [0, 0.05) is 30.3 Å². The normalized spacial score (nSPS) is 19.5. The number of rotatable bonds is 7. The number of hydrogen-bond donors (Lipinski definition) is 4. The van der Waals surface area contributed by atoms with Crippen molar-refractivity contribution >= 4 is 0 Å². The van der Waals surface area contributed by atoms with Crippen molar-refractivity contribution in [2.24, 2.45) is 11.8 Å². The Balaban J connectivity index is 2.24. The van der Waals surface area contributed by atoms with Crippen LogP contribution in [-0.4, -0.2) is 33.6 Å². The SMILES string of the molecule is Cc1cc(CCO)cc(C(c2cc(CCO)cc(C)c2O)C2CCCCCC2C)c1O. The topological polar surface area (TPSA) is 80.9 Å². The predicted molar refractivity (Wildman–Crippen MR) is 125 cm³/mol. The zero-order valence-corrected chi connectivity index (χ0v) is 19.2. The van der Waals surface area contributed by atoms with Gasteiger partial charge in [0.1, 0.15) is 11.5 Å². The number of aromatic hydroxyl groups is 2. The number of phenols is 2. The monoisotopic (exact) mass is 426 g/mol. The average molecular weight is 427 g/mol. The van der Waals surface area contributed by atoms with Gasteiger partial charge in [0.05, 0.1) is 0 Å². The Morgan fingerprint density at radius 3 is 1.74 bits per heavy atom. The third-order valence-electron chi connectivity index (χ3n) is 7.11. The first kappa shape index (κ1) is 23.6. The predicted octanol–water partition coefficient (Wildman–Crippen LogP) is 5.13. The fourth-order valence-corrected chi connectivity index (χ4v) is 5.43. The summed E-state index contributed by atoms with van der Waals surface area (Å²) < 4.78 is 0. The van der Waals surface area contributed by atoms with Gasteiger partial charge in [-0.2, -0.15) is 0 Å². The Morgan fingerprint density at radius 1 is 0.774 bits per heavy atom. The van der Waals surface area contributed by atoms with Crippen LogP contribution in [0.3, 0.4) is 0 Å². The Morgan fingerprint density at radius 2 is 1.26 bits per heavy atom. The molecule has 0 radical (unpaired) electrons. The van der Waals surface area contributed by atoms with Crippen molar-refractivity contribution in [3.63, 3.8) is 0 Å². The van der Waals surface area contributed by atoms with Crippen LogP contribution in [0.1, 0.15) is 78.3 Å². The maximum atomic E-state index is 11.2. The zero-order chi connectivity index (χ0) is 22.5. The molecule has 0 aromatic heterocycles. The maximum Gasteiger partial charge on any atom is 0.122 e. The third-order valence-corrected chi connectivity index (χ3v) is 7.11. The minimum atomic E-state index is -0.136. The summed E-state index contributed by atoms with van der Waals surface area (Å²) in [6, 6.07) is 7.93. The Hall–Kier alpha value is -2.04. The van der Waals surface area contributed by atoms with E-state index < -0.39 is 0 Å². The number of phenolic OH excluding ortho intramolecular Hbond substituents is 2. The Kier molecular flexibility index (Phi) is 8.01. The van der Waals surface area contributed by atoms with Crippen molar-refractivity contribution in [2.45, 2.75) is 71.6 Å². The van der Waals surface area contributed by atoms with Gasteiger partial charge < -0.3 is 20.4 Å². The minimum absolute atomic E-state index is 0.0600. The molecule has 1 aliphatic carbocycles. The lowest BCUT2D eigenvalue weighted by molar-refractivity contribution is 0.292. The summed E-state index contributed by atoms with van der Waals surface area (Å²) >= 11 is 0. The van der Waals surface area contributed by atoms with Crippen LogP contribution in [0.25, 0.3) is 0 Å². The van der Waals surface area contributed by atoms with E-state index in [1.807, 2.05) is 38.1 Å². The second-order valence-corrected chi connectivity index (χ2v) is 9.41. The fraction of sp³-hybridized carbons (Fsp3) is 0.556. The standard InChI is InChI=1S/C27H38O4/c1-17-7-5-4-6-8-22(17)25(23-15-20(9-11-28)13-18(2)26(23)30)24-16-21(10-12-29)14-19(3)27(24)31/h13-17,22,25,28-31H,4-12H2,1-3H3. The number of benzene rings is 2. The van der Waals surface area contributed by atoms with Gasteiger partial charge in [0.15, 0.2) is 0 Å². The summed E-state index contributed by atoms with van der Waals surface area (Å²) in [5, 5.41) is 41.3. The first-order valence-corrected chi connectivity index (χ1v) is 11.7. The summed E-state index contributed by atoms with van der Waals surface area (Å²) in [5.41, 5.74) is 5.30. The lowest BCUT2D eigenvalue weighted by atomic mass is 9.71. The lowest BCUT2D eigenvalue weighted by Crippen LogP contribution is -2.22. The smallest absolute Gasteiger partial charge is 0.122 e. The quantitative estimate of drug-likeness (QED) is 0.463. The van der Waals surface area contributed by atoms with E-state index in [0.29, 0.717) is 24.7 Å². The van der Waals surface area contributed by atoms with Crippen LogP contribution in [0.2, 0.25) is 0 Å². The first-order chi connectivity index (χ1) is 14.9. The summed E-state index contributed by atoms with van der Waals surface area (Å²) in [6.07, 6.45) is 6.86. The molecule has 0 saturated heterocycles. The summed E-state index contributed by atoms with van der Waals surface area (Å²) in [5.74, 6) is 1.20. The molecule has 2 atom stereocenters. The van der Waals surface area contributed by atoms with E-state index in [0.717, 1.165) is 52.6 Å². The molecule has 0 heterocycles. The largest absolute Gasteiger partial charge is 0.507 e. The van der Waals surface area contributed by atoms with Crippen molar-refractivity contribution in [3.8, 4) is 11.5 Å². The van der Waals surface area contributed by atoms with Crippen LogP contribution < -0.4 is 0 Å². The lowest BCUT2D eigenvalue weighted by Gasteiger charge is -2.33. The molecule has 2 aromatic rings. The summed E-state index contributed by atoms with van der Waals surface area (Å²) in [6.45, 7) is 6.22. The Bertz CT molecular complexity index is 828. The van der Waals surface area contributed by atoms with Gasteiger partial charge in [-0.1, -0.05) is 56.9 Å². The third kappa shape index (κ3) is 5.24. The summed E-state index contributed by atoms with van der Waals surface area (Å²) in [4.78, 5) is 0. The molecule has 4 nitrogen and oxygen atoms in total. The van der Waals surface area contributed by atoms with Crippen LogP contribution in [0.4, 0.5) is 0 Å². The van der Waals surface area contributed by atoms with Gasteiger partial charge in [-0.3, -0.25) is 0 Å². The summed E-state index contributed by atoms with van der Waals surface area (Å²) in [7, 11) is 0. The molecule has 0 aliphatic heterocycles. The molecule has 2 unspecified atom stereocenters. The highest BCUT2D eigenvalue weighted by molar-refractivity contribution is 5.54. The van der Waals surface area contributed by atoms with Crippen molar-refractivity contribution in [1.29, 1.82) is 0 Å². The van der Waals surface area contributed by atoms with Crippen LogP contribution in [-0.2, 0) is 12.8 Å². The molecule has 4 N–H and O–H groups in total. The molecule has 1 aliphatic rings. The molecule has 170 valence electrons. The molecule has 2 aromatic carbocycles. The molecule has 4 heteroatoms. The molecule has 31 heavy (non-hydrogen) atoms. The highest BCUT2D eigenvalue weighted by Crippen LogP contribution is 2.49. The highest BCUT2D eigenvalue weighted by atomic mass is 16.3. The Labute approximate surface area is 186 Å². The van der Waals surface area contributed by atoms with Gasteiger partial charge >= 0.3 is 0 Å². The molecular formula is C27H38O4. The molecule has 3 rings (SSSR count). The number of hydrogen-bond acceptors (Lipinski definition) is 4. The minimum Gasteiger partial charge on any atom is -0.507 e. The van der Waals surface area contributed by atoms with Crippen LogP contribution in [0, 0.1) is 25.7 Å². The van der Waals surface area contributed by atoms with Crippen LogP contribution >= 0.6 is 0 Å². The van der Waals surface area contributed by atoms with Crippen LogP contribution in [0.15, 0.2) is 24.3 Å². The molecule has 0 spiro atoms. The second-order valence-electron chi connectivity index (χ2n) is 9.41. The molecule has 1 fully saturated rings. The fourth-order valence-electron chi connectivity index (χ4n) is 5.43. The van der Waals surface area contributed by atoms with Gasteiger partial charge in [0.25, 0.3) is 0 Å². The molecular weight excluding hydrogens is 388 g/mol. The number of aliphatic hydroxyl groups is 2. The van der Waals surface area contributed by atoms with Gasteiger partial charge in [-0.15, -0.1) is 0 Å². The van der Waals surface area contributed by atoms with E-state index in [4.69, 9.17) is 0 Å². The van der Waals surface area contributed by atoms with Crippen molar-refractivity contribution in [2.75, 3.05) is 13.2 Å². The van der Waals surface area contributed by atoms with Crippen LogP contribution in [0.5, 0.6) is 11.5 Å². The molecule has 0 amide bonds. The van der Waals surface area contributed by atoms with E-state index in [-0.39, 0.29) is 30.6 Å². The molecule has 1 saturated carbocycles. The van der Waals surface area contributed by atoms with Gasteiger partial charge in [-0.25, -0.2) is 0 Å². The van der Waals surface area contributed by atoms with E-state index in [1.165, 1.54) is 12.8 Å². The van der Waals surface area contributed by atoms with Gasteiger partial charge in [0.2, 0.25) is 0 Å². The van der Waals surface area contributed by atoms with Crippen molar-refractivity contribution in [3.05, 3.63) is 57.6 Å². The van der Waals surface area contributed by atoms with Crippen molar-refractivity contribution in [1.82, 2.24) is 0 Å². The van der Waals surface area contributed by atoms with E-state index in [1.54, 1.807) is 0 Å². The average Bonchev–Trinajstić information content (AvgIpc) is 2.94. The first-order valence-electron chi connectivity index (χ1n) is 11.7. The maximum absolute atomic E-state index is 11.2. The number of aryl methyl sites for hydroxylation is 2. The molecule has 0 bridgehead atoms. The van der Waals surface area contributed by atoms with E-state index in [2.05, 4.69) is 6.92 Å². The van der Waals surface area contributed by atoms with E-state index in [9.17, 15) is 20.4 Å².